The quantitative estimate of drug-likeness (QED) is 0.882. The summed E-state index contributed by atoms with van der Waals surface area (Å²) < 4.78 is 0. The minimum atomic E-state index is -1.02. The first-order valence-corrected chi connectivity index (χ1v) is 8.29. The first-order valence-electron chi connectivity index (χ1n) is 7.48. The Labute approximate surface area is 139 Å². The van der Waals surface area contributed by atoms with Gasteiger partial charge in [0.15, 0.2) is 0 Å². The average Bonchev–Trinajstić information content (AvgIpc) is 2.93. The van der Waals surface area contributed by atoms with Gasteiger partial charge in [-0.1, -0.05) is 37.3 Å². The molecule has 0 spiro atoms. The molecule has 1 atom stereocenters. The fourth-order valence-corrected chi connectivity index (χ4v) is 3.19. The second-order valence-electron chi connectivity index (χ2n) is 5.31. The van der Waals surface area contributed by atoms with E-state index in [9.17, 15) is 14.7 Å². The van der Waals surface area contributed by atoms with Gasteiger partial charge in [0, 0.05) is 6.54 Å². The molecular weight excluding hydrogens is 312 g/mol. The summed E-state index contributed by atoms with van der Waals surface area (Å²) in [5, 5.41) is 10.2. The molecule has 23 heavy (non-hydrogen) atoms. The summed E-state index contributed by atoms with van der Waals surface area (Å²) in [6.07, 6.45) is 0.756. The smallest absolute Gasteiger partial charge is 0.326 e. The Morgan fingerprint density at radius 2 is 1.96 bits per heavy atom. The van der Waals surface area contributed by atoms with E-state index >= 15 is 0 Å². The highest BCUT2D eigenvalue weighted by molar-refractivity contribution is 7.13. The van der Waals surface area contributed by atoms with Crippen LogP contribution in [0.1, 0.15) is 39.8 Å². The molecule has 2 rings (SSSR count). The van der Waals surface area contributed by atoms with E-state index < -0.39 is 12.0 Å². The van der Waals surface area contributed by atoms with Gasteiger partial charge in [0.2, 0.25) is 0 Å². The van der Waals surface area contributed by atoms with E-state index in [1.165, 1.54) is 23.2 Å². The minimum absolute atomic E-state index is 0.256. The number of hydrogen-bond acceptors (Lipinski definition) is 4. The molecule has 0 saturated heterocycles. The number of carbonyl (C=O) groups excluding carboxylic acids is 1. The maximum Gasteiger partial charge on any atom is 0.326 e. The fourth-order valence-electron chi connectivity index (χ4n) is 2.23. The molecule has 0 aliphatic carbocycles. The topological polar surface area (TPSA) is 70.5 Å². The molecule has 0 aliphatic rings. The lowest BCUT2D eigenvalue weighted by molar-refractivity contribution is -0.141. The van der Waals surface area contributed by atoms with E-state index in [4.69, 9.17) is 0 Å². The summed E-state index contributed by atoms with van der Waals surface area (Å²) >= 11 is 1.34. The van der Waals surface area contributed by atoms with Gasteiger partial charge < -0.3 is 10.0 Å². The number of benzene rings is 1. The van der Waals surface area contributed by atoms with Gasteiger partial charge in [0.1, 0.15) is 10.9 Å². The largest absolute Gasteiger partial charge is 0.480 e. The number of aromatic nitrogens is 1. The molecule has 0 radical (unpaired) electrons. The van der Waals surface area contributed by atoms with Gasteiger partial charge in [0.25, 0.3) is 5.91 Å². The van der Waals surface area contributed by atoms with Crippen LogP contribution in [0, 0.1) is 6.92 Å². The molecule has 0 bridgehead atoms. The molecular formula is C17H20N2O3S. The molecule has 1 aromatic carbocycles. The van der Waals surface area contributed by atoms with Crippen LogP contribution in [0.2, 0.25) is 0 Å². The Bertz CT molecular complexity index is 697. The Balaban J connectivity index is 2.34. The molecule has 1 heterocycles. The van der Waals surface area contributed by atoms with Crippen LogP contribution in [0.5, 0.6) is 0 Å². The van der Waals surface area contributed by atoms with Gasteiger partial charge in [-0.05, 0) is 25.8 Å². The third-order valence-corrected chi connectivity index (χ3v) is 4.91. The van der Waals surface area contributed by atoms with Gasteiger partial charge in [-0.25, -0.2) is 9.78 Å². The third-order valence-electron chi connectivity index (χ3n) is 3.62. The van der Waals surface area contributed by atoms with Crippen LogP contribution in [-0.2, 0) is 17.8 Å². The van der Waals surface area contributed by atoms with Crippen molar-refractivity contribution in [3.05, 3.63) is 51.5 Å². The van der Waals surface area contributed by atoms with Crippen molar-refractivity contribution >= 4 is 23.2 Å². The minimum Gasteiger partial charge on any atom is -0.480 e. The van der Waals surface area contributed by atoms with Crippen molar-refractivity contribution < 1.29 is 14.7 Å². The zero-order chi connectivity index (χ0) is 17.0. The zero-order valence-corrected chi connectivity index (χ0v) is 14.3. The monoisotopic (exact) mass is 332 g/mol. The van der Waals surface area contributed by atoms with Crippen molar-refractivity contribution in [2.24, 2.45) is 0 Å². The normalized spacial score (nSPS) is 12.0. The number of aliphatic carboxylic acids is 1. The Morgan fingerprint density at radius 3 is 2.48 bits per heavy atom. The van der Waals surface area contributed by atoms with Crippen LogP contribution >= 0.6 is 11.3 Å². The summed E-state index contributed by atoms with van der Waals surface area (Å²) in [5.74, 6) is -1.30. The lowest BCUT2D eigenvalue weighted by Gasteiger charge is -2.26. The van der Waals surface area contributed by atoms with Crippen LogP contribution in [0.25, 0.3) is 0 Å². The Morgan fingerprint density at radius 1 is 1.30 bits per heavy atom. The molecule has 2 aromatic rings. The first-order chi connectivity index (χ1) is 10.9. The van der Waals surface area contributed by atoms with Gasteiger partial charge in [-0.15, -0.1) is 11.3 Å². The number of thiazole rings is 1. The SMILES string of the molecule is CCc1nc(C)c(C(=O)N(Cc2ccccc2)C(C)C(=O)O)s1. The van der Waals surface area contributed by atoms with E-state index in [1.54, 1.807) is 6.92 Å². The third kappa shape index (κ3) is 3.96. The molecule has 1 N–H and O–H groups in total. The highest BCUT2D eigenvalue weighted by Crippen LogP contribution is 2.22. The maximum absolute atomic E-state index is 12.9. The second-order valence-corrected chi connectivity index (χ2v) is 6.39. The fraction of sp³-hybridized carbons (Fsp3) is 0.353. The number of aryl methyl sites for hydroxylation is 2. The van der Waals surface area contributed by atoms with Gasteiger partial charge in [-0.3, -0.25) is 4.79 Å². The lowest BCUT2D eigenvalue weighted by Crippen LogP contribution is -2.42. The van der Waals surface area contributed by atoms with E-state index in [0.717, 1.165) is 17.0 Å². The maximum atomic E-state index is 12.9. The molecule has 1 amide bonds. The van der Waals surface area contributed by atoms with E-state index in [-0.39, 0.29) is 12.5 Å². The van der Waals surface area contributed by atoms with Gasteiger partial charge in [-0.2, -0.15) is 0 Å². The van der Waals surface area contributed by atoms with Crippen molar-refractivity contribution in [2.45, 2.75) is 39.8 Å². The highest BCUT2D eigenvalue weighted by Gasteiger charge is 2.29. The molecule has 5 nitrogen and oxygen atoms in total. The molecule has 0 aliphatic heterocycles. The molecule has 1 unspecified atom stereocenters. The number of carboxylic acid groups (broad SMARTS) is 1. The van der Waals surface area contributed by atoms with Crippen LogP contribution in [0.15, 0.2) is 30.3 Å². The summed E-state index contributed by atoms with van der Waals surface area (Å²) in [6, 6.07) is 8.48. The van der Waals surface area contributed by atoms with Gasteiger partial charge >= 0.3 is 5.97 Å². The lowest BCUT2D eigenvalue weighted by atomic mass is 10.1. The molecule has 6 heteroatoms. The molecule has 0 fully saturated rings. The standard InChI is InChI=1S/C17H20N2O3S/c1-4-14-18-11(2)15(23-14)16(20)19(12(3)17(21)22)10-13-8-6-5-7-9-13/h5-9,12H,4,10H2,1-3H3,(H,21,22). The van der Waals surface area contributed by atoms with Gasteiger partial charge in [0.05, 0.1) is 10.7 Å². The highest BCUT2D eigenvalue weighted by atomic mass is 32.1. The van der Waals surface area contributed by atoms with E-state index in [0.29, 0.717) is 10.6 Å². The second kappa shape index (κ2) is 7.37. The zero-order valence-electron chi connectivity index (χ0n) is 13.4. The van der Waals surface area contributed by atoms with Crippen LogP contribution in [-0.4, -0.2) is 32.9 Å². The first kappa shape index (κ1) is 17.1. The van der Waals surface area contributed by atoms with Crippen molar-refractivity contribution in [1.29, 1.82) is 0 Å². The van der Waals surface area contributed by atoms with Crippen LogP contribution < -0.4 is 0 Å². The van der Waals surface area contributed by atoms with Crippen molar-refractivity contribution in [1.82, 2.24) is 9.88 Å². The summed E-state index contributed by atoms with van der Waals surface area (Å²) in [6.45, 7) is 5.55. The van der Waals surface area contributed by atoms with Crippen molar-refractivity contribution in [3.63, 3.8) is 0 Å². The summed E-state index contributed by atoms with van der Waals surface area (Å²) in [5.41, 5.74) is 1.55. The molecule has 1 aromatic heterocycles. The van der Waals surface area contributed by atoms with Crippen LogP contribution in [0.4, 0.5) is 0 Å². The predicted octanol–water partition coefficient (Wildman–Crippen LogP) is 3.13. The van der Waals surface area contributed by atoms with E-state index in [2.05, 4.69) is 4.98 Å². The number of rotatable bonds is 6. The van der Waals surface area contributed by atoms with Crippen molar-refractivity contribution in [2.75, 3.05) is 0 Å². The number of carbonyl (C=O) groups is 2. The predicted molar refractivity (Wildman–Crippen MR) is 89.6 cm³/mol. The number of carboxylic acids is 1. The summed E-state index contributed by atoms with van der Waals surface area (Å²) in [4.78, 5) is 30.6. The Hall–Kier alpha value is -2.21. The average molecular weight is 332 g/mol. The molecule has 0 saturated carbocycles. The summed E-state index contributed by atoms with van der Waals surface area (Å²) in [7, 11) is 0. The number of amides is 1. The molecule has 122 valence electrons. The number of nitrogens with zero attached hydrogens (tertiary/aromatic N) is 2. The Kier molecular flexibility index (Phi) is 5.50. The van der Waals surface area contributed by atoms with E-state index in [1.807, 2.05) is 37.3 Å². The van der Waals surface area contributed by atoms with Crippen molar-refractivity contribution in [3.8, 4) is 0 Å². The van der Waals surface area contributed by atoms with Crippen LogP contribution in [0.3, 0.4) is 0 Å². The number of hydrogen-bond donors (Lipinski definition) is 1.